The van der Waals surface area contributed by atoms with Gasteiger partial charge in [0.25, 0.3) is 0 Å². The lowest BCUT2D eigenvalue weighted by Crippen LogP contribution is -2.31. The topological polar surface area (TPSA) is 106 Å². The van der Waals surface area contributed by atoms with Gasteiger partial charge in [0, 0.05) is 5.92 Å². The van der Waals surface area contributed by atoms with E-state index in [1.807, 2.05) is 0 Å². The number of rotatable bonds is 3. The van der Waals surface area contributed by atoms with Gasteiger partial charge in [0.05, 0.1) is 23.1 Å². The summed E-state index contributed by atoms with van der Waals surface area (Å²) in [7, 11) is 0. The predicted molar refractivity (Wildman–Crippen MR) is 77.0 cm³/mol. The van der Waals surface area contributed by atoms with Crippen LogP contribution in [-0.2, 0) is 4.79 Å². The third kappa shape index (κ3) is 2.58. The first kappa shape index (κ1) is 13.9. The minimum Gasteiger partial charge on any atom is -0.481 e. The van der Waals surface area contributed by atoms with Crippen molar-refractivity contribution in [2.24, 2.45) is 11.8 Å². The molecule has 3 rings (SSSR count). The molecule has 1 aliphatic carbocycles. The summed E-state index contributed by atoms with van der Waals surface area (Å²) in [6, 6.07) is 5.18. The van der Waals surface area contributed by atoms with Gasteiger partial charge in [-0.3, -0.25) is 4.79 Å². The molecule has 0 bridgehead atoms. The average molecular weight is 290 g/mol. The number of hydrogen-bond donors (Lipinski definition) is 4. The van der Waals surface area contributed by atoms with Crippen LogP contribution in [0.4, 0.5) is 0 Å². The molecule has 6 heteroatoms. The molecule has 3 unspecified atom stereocenters. The number of aromatic nitrogens is 2. The van der Waals surface area contributed by atoms with E-state index in [1.165, 1.54) is 0 Å². The molecule has 0 aliphatic heterocycles. The Hall–Kier alpha value is -2.08. The van der Waals surface area contributed by atoms with Crippen molar-refractivity contribution in [3.05, 3.63) is 34.2 Å². The summed E-state index contributed by atoms with van der Waals surface area (Å²) in [6.07, 6.45) is 2.33. The van der Waals surface area contributed by atoms with Gasteiger partial charge in [0.2, 0.25) is 0 Å². The van der Waals surface area contributed by atoms with E-state index in [1.54, 1.807) is 18.2 Å². The SMILES string of the molecule is O=C(O)C1CCCCC1C(O)c1ccc2[nH]c(=O)[nH]c2c1. The number of carboxylic acid groups (broad SMARTS) is 1. The molecule has 6 nitrogen and oxygen atoms in total. The molecule has 1 aromatic carbocycles. The van der Waals surface area contributed by atoms with Gasteiger partial charge in [-0.05, 0) is 30.5 Å². The predicted octanol–water partition coefficient (Wildman–Crippen LogP) is 1.78. The van der Waals surface area contributed by atoms with Crippen LogP contribution in [0, 0.1) is 11.8 Å². The van der Waals surface area contributed by atoms with Gasteiger partial charge in [-0.15, -0.1) is 0 Å². The Morgan fingerprint density at radius 2 is 1.90 bits per heavy atom. The minimum absolute atomic E-state index is 0.278. The number of aromatic amines is 2. The number of carbonyl (C=O) groups is 1. The van der Waals surface area contributed by atoms with Crippen LogP contribution in [0.2, 0.25) is 0 Å². The number of carboxylic acids is 1. The number of aliphatic hydroxyl groups is 1. The van der Waals surface area contributed by atoms with E-state index in [9.17, 15) is 19.8 Å². The van der Waals surface area contributed by atoms with E-state index in [-0.39, 0.29) is 11.6 Å². The third-order valence-corrected chi connectivity index (χ3v) is 4.42. The number of hydrogen-bond acceptors (Lipinski definition) is 3. The Kier molecular flexibility index (Phi) is 3.55. The zero-order valence-corrected chi connectivity index (χ0v) is 11.5. The van der Waals surface area contributed by atoms with Crippen LogP contribution >= 0.6 is 0 Å². The number of aliphatic carboxylic acids is 1. The quantitative estimate of drug-likeness (QED) is 0.691. The molecule has 0 radical (unpaired) electrons. The van der Waals surface area contributed by atoms with Crippen LogP contribution in [0.25, 0.3) is 11.0 Å². The Balaban J connectivity index is 1.92. The summed E-state index contributed by atoms with van der Waals surface area (Å²) < 4.78 is 0. The molecule has 2 aromatic rings. The number of H-pyrrole nitrogens is 2. The fourth-order valence-electron chi connectivity index (χ4n) is 3.33. The zero-order valence-electron chi connectivity index (χ0n) is 11.5. The lowest BCUT2D eigenvalue weighted by Gasteiger charge is -2.32. The molecular formula is C15H18N2O4. The average Bonchev–Trinajstić information content (AvgIpc) is 2.85. The second kappa shape index (κ2) is 5.37. The van der Waals surface area contributed by atoms with E-state index in [2.05, 4.69) is 9.97 Å². The van der Waals surface area contributed by atoms with Gasteiger partial charge < -0.3 is 20.2 Å². The summed E-state index contributed by atoms with van der Waals surface area (Å²) in [4.78, 5) is 27.9. The summed E-state index contributed by atoms with van der Waals surface area (Å²) in [5.41, 5.74) is 1.65. The molecule has 0 spiro atoms. The molecule has 21 heavy (non-hydrogen) atoms. The maximum atomic E-state index is 11.4. The highest BCUT2D eigenvalue weighted by Crippen LogP contribution is 2.39. The van der Waals surface area contributed by atoms with Crippen LogP contribution in [0.15, 0.2) is 23.0 Å². The van der Waals surface area contributed by atoms with Gasteiger partial charge in [0.15, 0.2) is 0 Å². The van der Waals surface area contributed by atoms with Crippen molar-refractivity contribution in [2.75, 3.05) is 0 Å². The van der Waals surface area contributed by atoms with E-state index >= 15 is 0 Å². The van der Waals surface area contributed by atoms with Crippen LogP contribution < -0.4 is 5.69 Å². The van der Waals surface area contributed by atoms with Gasteiger partial charge in [-0.1, -0.05) is 18.9 Å². The monoisotopic (exact) mass is 290 g/mol. The van der Waals surface area contributed by atoms with Crippen LogP contribution in [-0.4, -0.2) is 26.2 Å². The minimum atomic E-state index is -0.838. The molecule has 112 valence electrons. The van der Waals surface area contributed by atoms with Crippen LogP contribution in [0.1, 0.15) is 37.4 Å². The first-order valence-electron chi connectivity index (χ1n) is 7.19. The molecule has 0 saturated heterocycles. The van der Waals surface area contributed by atoms with Crippen molar-refractivity contribution in [1.29, 1.82) is 0 Å². The summed E-state index contributed by atoms with van der Waals surface area (Å²) >= 11 is 0. The van der Waals surface area contributed by atoms with Crippen LogP contribution in [0.3, 0.4) is 0 Å². The van der Waals surface area contributed by atoms with Crippen molar-refractivity contribution in [3.63, 3.8) is 0 Å². The van der Waals surface area contributed by atoms with Gasteiger partial charge >= 0.3 is 11.7 Å². The number of benzene rings is 1. The second-order valence-electron chi connectivity index (χ2n) is 5.72. The van der Waals surface area contributed by atoms with E-state index in [4.69, 9.17) is 0 Å². The van der Waals surface area contributed by atoms with Gasteiger partial charge in [-0.25, -0.2) is 4.79 Å². The number of nitrogens with one attached hydrogen (secondary N) is 2. The second-order valence-corrected chi connectivity index (χ2v) is 5.72. The maximum absolute atomic E-state index is 11.4. The number of aliphatic hydroxyl groups excluding tert-OH is 1. The Bertz CT molecular complexity index is 718. The molecule has 1 saturated carbocycles. The molecular weight excluding hydrogens is 272 g/mol. The Morgan fingerprint density at radius 1 is 1.19 bits per heavy atom. The smallest absolute Gasteiger partial charge is 0.323 e. The normalized spacial score (nSPS) is 24.0. The van der Waals surface area contributed by atoms with Crippen molar-refractivity contribution in [1.82, 2.24) is 9.97 Å². The highest BCUT2D eigenvalue weighted by atomic mass is 16.4. The van der Waals surface area contributed by atoms with E-state index in [0.29, 0.717) is 29.4 Å². The van der Waals surface area contributed by atoms with Crippen molar-refractivity contribution >= 4 is 17.0 Å². The molecule has 3 atom stereocenters. The summed E-state index contributed by atoms with van der Waals surface area (Å²) in [5.74, 6) is -1.62. The Morgan fingerprint density at radius 3 is 2.67 bits per heavy atom. The summed E-state index contributed by atoms with van der Waals surface area (Å²) in [5, 5.41) is 19.9. The molecule has 1 aliphatic rings. The lowest BCUT2D eigenvalue weighted by molar-refractivity contribution is -0.147. The van der Waals surface area contributed by atoms with E-state index in [0.717, 1.165) is 12.8 Å². The van der Waals surface area contributed by atoms with Crippen molar-refractivity contribution < 1.29 is 15.0 Å². The van der Waals surface area contributed by atoms with Crippen LogP contribution in [0.5, 0.6) is 0 Å². The number of imidazole rings is 1. The van der Waals surface area contributed by atoms with Crippen molar-refractivity contribution in [3.8, 4) is 0 Å². The first-order chi connectivity index (χ1) is 10.1. The Labute approximate surface area is 120 Å². The number of fused-ring (bicyclic) bond motifs is 1. The van der Waals surface area contributed by atoms with Gasteiger partial charge in [0.1, 0.15) is 0 Å². The standard InChI is InChI=1S/C15H18N2O4/c18-13(9-3-1-2-4-10(9)14(19)20)8-5-6-11-12(7-8)17-15(21)16-11/h5-7,9-10,13,18H,1-4H2,(H,19,20)(H2,16,17,21). The highest BCUT2D eigenvalue weighted by molar-refractivity contribution is 5.75. The maximum Gasteiger partial charge on any atom is 0.323 e. The fraction of sp³-hybridized carbons (Fsp3) is 0.467. The highest BCUT2D eigenvalue weighted by Gasteiger charge is 2.36. The fourth-order valence-corrected chi connectivity index (χ4v) is 3.33. The largest absolute Gasteiger partial charge is 0.481 e. The van der Waals surface area contributed by atoms with E-state index < -0.39 is 18.0 Å². The van der Waals surface area contributed by atoms with Gasteiger partial charge in [-0.2, -0.15) is 0 Å². The molecule has 4 N–H and O–H groups in total. The molecule has 1 aromatic heterocycles. The molecule has 1 fully saturated rings. The first-order valence-corrected chi connectivity index (χ1v) is 7.19. The third-order valence-electron chi connectivity index (χ3n) is 4.42. The van der Waals surface area contributed by atoms with Crippen molar-refractivity contribution in [2.45, 2.75) is 31.8 Å². The lowest BCUT2D eigenvalue weighted by atomic mass is 9.74. The molecule has 0 amide bonds. The summed E-state index contributed by atoms with van der Waals surface area (Å²) in [6.45, 7) is 0. The zero-order chi connectivity index (χ0) is 15.0. The molecule has 1 heterocycles.